The molecule has 2 heterocycles. The predicted molar refractivity (Wildman–Crippen MR) is 181 cm³/mol. The zero-order valence-electron chi connectivity index (χ0n) is 26.7. The number of carbonyl (C=O) groups excluding carboxylic acids is 2. The number of rotatable bonds is 4. The number of nitriles is 1. The fourth-order valence-corrected chi connectivity index (χ4v) is 5.65. The van der Waals surface area contributed by atoms with Gasteiger partial charge in [-0.15, -0.1) is 0 Å². The highest BCUT2D eigenvalue weighted by molar-refractivity contribution is 5.99. The van der Waals surface area contributed by atoms with Gasteiger partial charge in [-0.1, -0.05) is 60.7 Å². The molecule has 238 valence electrons. The Labute approximate surface area is 273 Å². The Morgan fingerprint density at radius 1 is 0.681 bits per heavy atom. The molecule has 2 aliphatic heterocycles. The SMILES string of the molecule is CN1C(=O)C[C@@](C)(c2cccc(-c3cccc(C#N)c3)c2)N=C1N.CN1C(=O)C[C@@](C)(c2cccc(-c3cccc(F)c3)c2)N=C1N. The number of hydrogen-bond donors (Lipinski definition) is 2. The van der Waals surface area contributed by atoms with E-state index in [4.69, 9.17) is 16.7 Å². The minimum atomic E-state index is -0.711. The molecule has 0 spiro atoms. The lowest BCUT2D eigenvalue weighted by Crippen LogP contribution is -2.47. The molecule has 0 fully saturated rings. The lowest BCUT2D eigenvalue weighted by atomic mass is 9.86. The van der Waals surface area contributed by atoms with E-state index >= 15 is 0 Å². The molecule has 2 atom stereocenters. The molecular weight excluding hydrogens is 593 g/mol. The van der Waals surface area contributed by atoms with Gasteiger partial charge in [-0.2, -0.15) is 5.26 Å². The summed E-state index contributed by atoms with van der Waals surface area (Å²) in [5.74, 6) is 0.0272. The second kappa shape index (κ2) is 12.9. The molecule has 4 aromatic carbocycles. The van der Waals surface area contributed by atoms with Crippen molar-refractivity contribution in [3.05, 3.63) is 120 Å². The van der Waals surface area contributed by atoms with Crippen LogP contribution in [0.15, 0.2) is 107 Å². The topological polar surface area (TPSA) is 141 Å². The maximum atomic E-state index is 13.4. The highest BCUT2D eigenvalue weighted by atomic mass is 19.1. The Morgan fingerprint density at radius 2 is 1.09 bits per heavy atom. The van der Waals surface area contributed by atoms with E-state index in [0.29, 0.717) is 5.56 Å². The van der Waals surface area contributed by atoms with Gasteiger partial charge in [0.2, 0.25) is 11.8 Å². The van der Waals surface area contributed by atoms with Crippen LogP contribution in [0, 0.1) is 17.1 Å². The summed E-state index contributed by atoms with van der Waals surface area (Å²) in [6, 6.07) is 31.5. The van der Waals surface area contributed by atoms with Crippen LogP contribution < -0.4 is 11.5 Å². The summed E-state index contributed by atoms with van der Waals surface area (Å²) in [6.45, 7) is 3.80. The van der Waals surface area contributed by atoms with E-state index in [9.17, 15) is 14.0 Å². The molecule has 4 aromatic rings. The molecule has 0 saturated heterocycles. The first-order valence-electron chi connectivity index (χ1n) is 15.0. The fourth-order valence-electron chi connectivity index (χ4n) is 5.65. The van der Waals surface area contributed by atoms with Gasteiger partial charge in [-0.3, -0.25) is 19.4 Å². The van der Waals surface area contributed by atoms with Crippen LogP contribution in [0.1, 0.15) is 43.4 Å². The van der Waals surface area contributed by atoms with Crippen molar-refractivity contribution in [1.29, 1.82) is 5.26 Å². The summed E-state index contributed by atoms with van der Waals surface area (Å²) in [4.78, 5) is 36.0. The molecular formula is C37H36FN7O2. The van der Waals surface area contributed by atoms with Crippen LogP contribution >= 0.6 is 0 Å². The number of amides is 2. The van der Waals surface area contributed by atoms with Gasteiger partial charge in [-0.25, -0.2) is 14.4 Å². The highest BCUT2D eigenvalue weighted by Gasteiger charge is 2.37. The first-order valence-corrected chi connectivity index (χ1v) is 15.0. The van der Waals surface area contributed by atoms with Gasteiger partial charge in [0.25, 0.3) is 0 Å². The van der Waals surface area contributed by atoms with Crippen LogP contribution in [0.5, 0.6) is 0 Å². The van der Waals surface area contributed by atoms with Gasteiger partial charge in [0.05, 0.1) is 35.6 Å². The summed E-state index contributed by atoms with van der Waals surface area (Å²) in [5.41, 5.74) is 16.4. The molecule has 0 aromatic heterocycles. The van der Waals surface area contributed by atoms with Gasteiger partial charge in [0, 0.05) is 14.1 Å². The van der Waals surface area contributed by atoms with E-state index in [1.807, 2.05) is 86.6 Å². The van der Waals surface area contributed by atoms with E-state index in [0.717, 1.165) is 33.4 Å². The summed E-state index contributed by atoms with van der Waals surface area (Å²) in [6.07, 6.45) is 0.517. The fraction of sp³-hybridized carbons (Fsp3) is 0.216. The van der Waals surface area contributed by atoms with Crippen LogP contribution in [0.3, 0.4) is 0 Å². The second-order valence-electron chi connectivity index (χ2n) is 12.1. The summed E-state index contributed by atoms with van der Waals surface area (Å²) < 4.78 is 13.4. The van der Waals surface area contributed by atoms with Gasteiger partial charge < -0.3 is 11.5 Å². The number of nitrogens with two attached hydrogens (primary N) is 2. The third kappa shape index (κ3) is 6.89. The zero-order chi connectivity index (χ0) is 33.9. The number of nitrogens with zero attached hydrogens (tertiary/aromatic N) is 5. The third-order valence-electron chi connectivity index (χ3n) is 8.60. The van der Waals surface area contributed by atoms with Crippen molar-refractivity contribution < 1.29 is 14.0 Å². The van der Waals surface area contributed by atoms with Crippen molar-refractivity contribution in [1.82, 2.24) is 9.80 Å². The average molecular weight is 630 g/mol. The molecule has 2 aliphatic rings. The Kier molecular flexibility index (Phi) is 8.93. The molecule has 6 rings (SSSR count). The normalized spacial score (nSPS) is 20.9. The minimum absolute atomic E-state index is 0.0538. The number of benzene rings is 4. The van der Waals surface area contributed by atoms with Crippen molar-refractivity contribution >= 4 is 23.7 Å². The lowest BCUT2D eigenvalue weighted by Gasteiger charge is -2.33. The summed E-state index contributed by atoms with van der Waals surface area (Å²) in [5, 5.41) is 9.07. The molecule has 4 N–H and O–H groups in total. The maximum Gasteiger partial charge on any atom is 0.231 e. The molecule has 2 amide bonds. The molecule has 0 aliphatic carbocycles. The minimum Gasteiger partial charge on any atom is -0.369 e. The maximum absolute atomic E-state index is 13.4. The lowest BCUT2D eigenvalue weighted by molar-refractivity contribution is -0.129. The molecule has 9 nitrogen and oxygen atoms in total. The Hall–Kier alpha value is -5.82. The monoisotopic (exact) mass is 629 g/mol. The Bertz CT molecular complexity index is 1970. The van der Waals surface area contributed by atoms with E-state index in [-0.39, 0.29) is 42.4 Å². The van der Waals surface area contributed by atoms with Crippen LogP contribution in [0.25, 0.3) is 22.3 Å². The molecule has 10 heteroatoms. The van der Waals surface area contributed by atoms with Crippen molar-refractivity contribution in [3.63, 3.8) is 0 Å². The molecule has 0 bridgehead atoms. The Morgan fingerprint density at radius 3 is 1.51 bits per heavy atom. The van der Waals surface area contributed by atoms with Crippen LogP contribution in [0.2, 0.25) is 0 Å². The molecule has 0 radical (unpaired) electrons. The standard InChI is InChI=1S/C19H18N4O.C18H18FN3O/c1-19(11-17(24)23(2)18(21)22-19)16-8-4-7-15(10-16)14-6-3-5-13(9-14)12-20;1-18(11-16(23)22(2)17(20)21-18)14-7-3-5-12(9-14)13-6-4-8-15(19)10-13/h3-10H,11H2,1-2H3,(H2,21,22);3-10H,11H2,1-2H3,(H2,20,21)/t19-;18-/m00/s1. The number of hydrogen-bond acceptors (Lipinski definition) is 7. The Balaban J connectivity index is 0.000000185. The van der Waals surface area contributed by atoms with Crippen molar-refractivity contribution in [2.75, 3.05) is 14.1 Å². The van der Waals surface area contributed by atoms with E-state index in [1.54, 1.807) is 26.2 Å². The first-order chi connectivity index (χ1) is 22.3. The number of aliphatic imine (C=N–C) groups is 2. The second-order valence-corrected chi connectivity index (χ2v) is 12.1. The van der Waals surface area contributed by atoms with E-state index < -0.39 is 11.1 Å². The highest BCUT2D eigenvalue weighted by Crippen LogP contribution is 2.36. The van der Waals surface area contributed by atoms with E-state index in [2.05, 4.69) is 16.1 Å². The molecule has 47 heavy (non-hydrogen) atoms. The van der Waals surface area contributed by atoms with Gasteiger partial charge in [-0.05, 0) is 83.6 Å². The van der Waals surface area contributed by atoms with Gasteiger partial charge in [0.1, 0.15) is 5.82 Å². The zero-order valence-corrected chi connectivity index (χ0v) is 26.7. The van der Waals surface area contributed by atoms with Crippen molar-refractivity contribution in [2.45, 2.75) is 37.8 Å². The van der Waals surface area contributed by atoms with Gasteiger partial charge in [0.15, 0.2) is 11.9 Å². The smallest absolute Gasteiger partial charge is 0.231 e. The summed E-state index contributed by atoms with van der Waals surface area (Å²) >= 11 is 0. The average Bonchev–Trinajstić information content (AvgIpc) is 3.06. The van der Waals surface area contributed by atoms with Crippen LogP contribution in [-0.4, -0.2) is 47.6 Å². The summed E-state index contributed by atoms with van der Waals surface area (Å²) in [7, 11) is 3.24. The van der Waals surface area contributed by atoms with Crippen molar-refractivity contribution in [3.8, 4) is 28.3 Å². The first kappa shape index (κ1) is 32.6. The largest absolute Gasteiger partial charge is 0.369 e. The van der Waals surface area contributed by atoms with E-state index in [1.165, 1.54) is 21.9 Å². The number of carbonyl (C=O) groups is 2. The van der Waals surface area contributed by atoms with Crippen molar-refractivity contribution in [2.24, 2.45) is 21.5 Å². The number of guanidine groups is 2. The van der Waals surface area contributed by atoms with Crippen LogP contribution in [-0.2, 0) is 20.7 Å². The molecule has 0 unspecified atom stereocenters. The predicted octanol–water partition coefficient (Wildman–Crippen LogP) is 5.50. The van der Waals surface area contributed by atoms with Gasteiger partial charge >= 0.3 is 0 Å². The van der Waals surface area contributed by atoms with Crippen LogP contribution in [0.4, 0.5) is 4.39 Å². The third-order valence-corrected chi connectivity index (χ3v) is 8.60. The quantitative estimate of drug-likeness (QED) is 0.307. The number of halogens is 1. The molecule has 0 saturated carbocycles.